The molecule has 0 spiro atoms. The van der Waals surface area contributed by atoms with E-state index in [0.717, 1.165) is 12.1 Å². The molecule has 0 saturated carbocycles. The van der Waals surface area contributed by atoms with Crippen LogP contribution in [0.15, 0.2) is 42.7 Å². The summed E-state index contributed by atoms with van der Waals surface area (Å²) in [6.07, 6.45) is -0.0809. The fourth-order valence-corrected chi connectivity index (χ4v) is 6.09. The first-order valence-corrected chi connectivity index (χ1v) is 10.7. The molecular weight excluding hydrogens is 403 g/mol. The predicted octanol–water partition coefficient (Wildman–Crippen LogP) is 2.53. The number of ether oxygens (including phenoxy) is 1. The summed E-state index contributed by atoms with van der Waals surface area (Å²) in [5.74, 6) is -0.756. The van der Waals surface area contributed by atoms with E-state index in [1.165, 1.54) is 37.7 Å². The van der Waals surface area contributed by atoms with Crippen molar-refractivity contribution < 1.29 is 42.2 Å². The number of pyridine rings is 1. The minimum absolute atomic E-state index is 0.162. The Morgan fingerprint density at radius 3 is 2.48 bits per heavy atom. The second-order valence-corrected chi connectivity index (χ2v) is 10.1. The van der Waals surface area contributed by atoms with Crippen LogP contribution < -0.4 is 4.74 Å². The van der Waals surface area contributed by atoms with Gasteiger partial charge in [-0.3, -0.25) is 23.2 Å². The van der Waals surface area contributed by atoms with Crippen molar-refractivity contribution in [2.75, 3.05) is 7.11 Å². The van der Waals surface area contributed by atoms with E-state index < -0.39 is 44.4 Å². The van der Waals surface area contributed by atoms with Crippen LogP contribution in [0.3, 0.4) is 0 Å². The Kier molecular flexibility index (Phi) is 5.26. The van der Waals surface area contributed by atoms with Crippen molar-refractivity contribution >= 4 is 15.2 Å². The Morgan fingerprint density at radius 1 is 1.26 bits per heavy atom. The zero-order valence-corrected chi connectivity index (χ0v) is 15.7. The highest BCUT2D eigenvalue weighted by Gasteiger charge is 2.67. The summed E-state index contributed by atoms with van der Waals surface area (Å²) in [6.45, 7) is 0. The van der Waals surface area contributed by atoms with E-state index in [-0.39, 0.29) is 11.3 Å². The molecule has 1 aromatic carbocycles. The van der Waals surface area contributed by atoms with Crippen LogP contribution in [0.5, 0.6) is 5.75 Å². The minimum Gasteiger partial charge on any atom is -0.497 e. The molecule has 0 amide bonds. The summed E-state index contributed by atoms with van der Waals surface area (Å²) < 4.78 is 54.0. The zero-order valence-electron chi connectivity index (χ0n) is 13.9. The summed E-state index contributed by atoms with van der Waals surface area (Å²) in [6, 6.07) is 6.24. The number of hydrogen-bond donors (Lipinski definition) is 3. The highest BCUT2D eigenvalue weighted by Crippen LogP contribution is 2.79. The monoisotopic (exact) mass is 419 g/mol. The van der Waals surface area contributed by atoms with E-state index >= 15 is 0 Å². The second kappa shape index (κ2) is 7.07. The zero-order chi connectivity index (χ0) is 19.9. The molecule has 1 aliphatic rings. The summed E-state index contributed by atoms with van der Waals surface area (Å²) >= 11 is 0. The highest BCUT2D eigenvalue weighted by atomic mass is 31.2. The first kappa shape index (κ1) is 20.1. The molecular formula is C15H16FNO8P2. The summed E-state index contributed by atoms with van der Waals surface area (Å²) in [4.78, 5) is 24.2. The molecule has 146 valence electrons. The lowest BCUT2D eigenvalue weighted by atomic mass is 10.2. The Hall–Kier alpha value is -1.64. The molecule has 0 radical (unpaired) electrons. The van der Waals surface area contributed by atoms with E-state index in [1.54, 1.807) is 0 Å². The van der Waals surface area contributed by atoms with Crippen LogP contribution in [-0.4, -0.2) is 32.1 Å². The van der Waals surface area contributed by atoms with Crippen LogP contribution in [0.1, 0.15) is 17.4 Å². The summed E-state index contributed by atoms with van der Waals surface area (Å²) in [7, 11) is -9.05. The molecule has 2 aromatic rings. The van der Waals surface area contributed by atoms with Crippen molar-refractivity contribution in [3.05, 3.63) is 59.7 Å². The van der Waals surface area contributed by atoms with E-state index in [1.807, 2.05) is 0 Å². The molecule has 2 unspecified atom stereocenters. The number of halogens is 1. The molecule has 0 aliphatic carbocycles. The molecule has 1 aliphatic heterocycles. The van der Waals surface area contributed by atoms with Gasteiger partial charge < -0.3 is 19.6 Å². The Bertz CT molecular complexity index is 915. The predicted molar refractivity (Wildman–Crippen MR) is 90.4 cm³/mol. The van der Waals surface area contributed by atoms with Gasteiger partial charge in [0.1, 0.15) is 11.6 Å². The van der Waals surface area contributed by atoms with Gasteiger partial charge >= 0.3 is 15.2 Å². The van der Waals surface area contributed by atoms with Gasteiger partial charge in [-0.1, -0.05) is 6.07 Å². The molecule has 1 aromatic heterocycles. The maximum atomic E-state index is 14.1. The fourth-order valence-electron chi connectivity index (χ4n) is 2.53. The van der Waals surface area contributed by atoms with Gasteiger partial charge in [0.05, 0.1) is 7.11 Å². The van der Waals surface area contributed by atoms with Gasteiger partial charge in [0.25, 0.3) is 5.08 Å². The van der Waals surface area contributed by atoms with Gasteiger partial charge in [-0.15, -0.1) is 0 Å². The van der Waals surface area contributed by atoms with Crippen molar-refractivity contribution in [2.24, 2.45) is 0 Å². The number of rotatable bonds is 4. The average Bonchev–Trinajstić information content (AvgIpc) is 2.60. The Balaban J connectivity index is 2.00. The normalized spacial score (nSPS) is 33.6. The van der Waals surface area contributed by atoms with Crippen LogP contribution >= 0.6 is 15.2 Å². The number of nitrogens with zero attached hydrogens (tertiary/aromatic N) is 1. The number of hydrogen-bond acceptors (Lipinski definition) is 7. The van der Waals surface area contributed by atoms with E-state index in [0.29, 0.717) is 0 Å². The average molecular weight is 419 g/mol. The smallest absolute Gasteiger partial charge is 0.374 e. The second-order valence-electron chi connectivity index (χ2n) is 5.78. The van der Waals surface area contributed by atoms with Crippen LogP contribution in [0.25, 0.3) is 0 Å². The third-order valence-electron chi connectivity index (χ3n) is 4.00. The third-order valence-corrected chi connectivity index (χ3v) is 8.60. The van der Waals surface area contributed by atoms with Crippen molar-refractivity contribution in [3.63, 3.8) is 0 Å². The molecule has 3 N–H and O–H groups in total. The quantitative estimate of drug-likeness (QED) is 0.639. The van der Waals surface area contributed by atoms with Gasteiger partial charge in [-0.25, -0.2) is 4.39 Å². The maximum Gasteiger partial charge on any atom is 0.374 e. The molecule has 9 nitrogen and oxygen atoms in total. The number of benzene rings is 1. The van der Waals surface area contributed by atoms with Crippen LogP contribution in [0, 0.1) is 5.82 Å². The molecule has 27 heavy (non-hydrogen) atoms. The van der Waals surface area contributed by atoms with E-state index in [9.17, 15) is 28.4 Å². The van der Waals surface area contributed by atoms with Gasteiger partial charge in [0, 0.05) is 24.4 Å². The lowest BCUT2D eigenvalue weighted by Crippen LogP contribution is -2.38. The number of aromatic nitrogens is 1. The van der Waals surface area contributed by atoms with Crippen molar-refractivity contribution in [2.45, 2.75) is 17.8 Å². The fraction of sp³-hybridized carbons (Fsp3) is 0.267. The minimum atomic E-state index is -5.18. The van der Waals surface area contributed by atoms with E-state index in [4.69, 9.17) is 13.8 Å². The summed E-state index contributed by atoms with van der Waals surface area (Å²) in [5.41, 5.74) is -0.233. The Labute approximate surface area is 153 Å². The first-order valence-electron chi connectivity index (χ1n) is 7.57. The first-order chi connectivity index (χ1) is 12.6. The Morgan fingerprint density at radius 2 is 1.93 bits per heavy atom. The van der Waals surface area contributed by atoms with Crippen molar-refractivity contribution in [1.29, 1.82) is 0 Å². The van der Waals surface area contributed by atoms with E-state index in [2.05, 4.69) is 4.98 Å². The van der Waals surface area contributed by atoms with Crippen LogP contribution in [-0.2, 0) is 24.6 Å². The van der Waals surface area contributed by atoms with Gasteiger partial charge in [0.2, 0.25) is 6.29 Å². The SMILES string of the molecule is COc1ccc(F)c(C2OP(=O)(O)C(O)(Cc3cccnc3)P(=O)(O)O2)c1. The molecule has 12 heteroatoms. The third kappa shape index (κ3) is 3.58. The molecule has 1 saturated heterocycles. The molecule has 1 fully saturated rings. The molecule has 3 rings (SSSR count). The number of methoxy groups -OCH3 is 1. The highest BCUT2D eigenvalue weighted by molar-refractivity contribution is 7.73. The van der Waals surface area contributed by atoms with Gasteiger partial charge in [0.15, 0.2) is 0 Å². The summed E-state index contributed by atoms with van der Waals surface area (Å²) in [5, 5.41) is 7.45. The van der Waals surface area contributed by atoms with Gasteiger partial charge in [-0.05, 0) is 29.8 Å². The van der Waals surface area contributed by atoms with Crippen molar-refractivity contribution in [3.8, 4) is 5.75 Å². The molecule has 2 heterocycles. The topological polar surface area (TPSA) is 135 Å². The molecule has 0 bridgehead atoms. The largest absolute Gasteiger partial charge is 0.497 e. The lowest BCUT2D eigenvalue weighted by Gasteiger charge is -2.41. The van der Waals surface area contributed by atoms with Gasteiger partial charge in [-0.2, -0.15) is 0 Å². The van der Waals surface area contributed by atoms with Crippen LogP contribution in [0.2, 0.25) is 0 Å². The van der Waals surface area contributed by atoms with Crippen molar-refractivity contribution in [1.82, 2.24) is 4.98 Å². The van der Waals surface area contributed by atoms with Crippen LogP contribution in [0.4, 0.5) is 4.39 Å². The number of aliphatic hydroxyl groups is 1. The maximum absolute atomic E-state index is 14.1. The standard InChI is InChI=1S/C15H16FNO8P2/c1-23-11-4-5-13(16)12(7-11)14-24-26(19,20)15(18,27(21,22)25-14)8-10-3-2-6-17-9-10/h2-7,9,14,18H,8H2,1H3,(H,19,20)(H,21,22). The molecule has 2 atom stereocenters. The lowest BCUT2D eigenvalue weighted by molar-refractivity contribution is -0.0597.